The Kier molecular flexibility index (Phi) is 4.19. The Morgan fingerprint density at radius 1 is 1.50 bits per heavy atom. The Balaban J connectivity index is 1.66. The molecule has 2 atom stereocenters. The molecule has 2 aromatic heterocycles. The Bertz CT molecular complexity index is 581. The zero-order chi connectivity index (χ0) is 13.9. The Hall–Kier alpha value is -1.17. The van der Waals surface area contributed by atoms with Crippen molar-refractivity contribution < 1.29 is 9.47 Å². The van der Waals surface area contributed by atoms with Gasteiger partial charge in [-0.25, -0.2) is 9.97 Å². The first-order valence-corrected chi connectivity index (χ1v) is 7.35. The van der Waals surface area contributed by atoms with E-state index in [0.717, 1.165) is 36.9 Å². The van der Waals surface area contributed by atoms with Gasteiger partial charge in [0.2, 0.25) is 0 Å². The number of fused-ring (bicyclic) bond motifs is 1. The van der Waals surface area contributed by atoms with Crippen molar-refractivity contribution in [3.63, 3.8) is 0 Å². The number of H-pyrrole nitrogens is 1. The van der Waals surface area contributed by atoms with Crippen molar-refractivity contribution >= 4 is 22.6 Å². The number of rotatable bonds is 4. The van der Waals surface area contributed by atoms with Crippen LogP contribution in [0.3, 0.4) is 0 Å². The molecule has 0 radical (unpaired) electrons. The molecule has 2 aromatic rings. The van der Waals surface area contributed by atoms with Crippen LogP contribution in [0.1, 0.15) is 37.9 Å². The third-order valence-corrected chi connectivity index (χ3v) is 3.79. The minimum absolute atomic E-state index is 0.0747. The molecule has 0 aliphatic carbocycles. The monoisotopic (exact) mass is 295 g/mol. The largest absolute Gasteiger partial charge is 0.353 e. The molecular formula is C14H18ClN3O2. The molecule has 1 fully saturated rings. The summed E-state index contributed by atoms with van der Waals surface area (Å²) in [6.07, 6.45) is 4.97. The normalized spacial score (nSPS) is 21.2. The van der Waals surface area contributed by atoms with Gasteiger partial charge in [0.05, 0.1) is 12.0 Å². The van der Waals surface area contributed by atoms with Crippen LogP contribution >= 0.6 is 11.6 Å². The standard InChI is InChI=1S/C14H18ClN3O2/c1-9(8-20-11-4-2-3-7-19-11)13-17-12(15)10-5-6-16-14(10)18-13/h5-6,9,11H,2-4,7-8H2,1H3,(H,16,17,18)/t9-,11?/m1/s1. The summed E-state index contributed by atoms with van der Waals surface area (Å²) >= 11 is 6.16. The van der Waals surface area contributed by atoms with E-state index in [0.29, 0.717) is 17.6 Å². The average molecular weight is 296 g/mol. The van der Waals surface area contributed by atoms with Crippen molar-refractivity contribution in [3.05, 3.63) is 23.2 Å². The fraction of sp³-hybridized carbons (Fsp3) is 0.571. The molecule has 0 spiro atoms. The van der Waals surface area contributed by atoms with Gasteiger partial charge in [-0.1, -0.05) is 18.5 Å². The molecule has 1 aliphatic rings. The van der Waals surface area contributed by atoms with Crippen LogP contribution in [0, 0.1) is 0 Å². The summed E-state index contributed by atoms with van der Waals surface area (Å²) in [4.78, 5) is 11.9. The molecular weight excluding hydrogens is 278 g/mol. The van der Waals surface area contributed by atoms with E-state index in [9.17, 15) is 0 Å². The van der Waals surface area contributed by atoms with Gasteiger partial charge in [0, 0.05) is 18.7 Å². The Morgan fingerprint density at radius 3 is 3.20 bits per heavy atom. The highest BCUT2D eigenvalue weighted by Crippen LogP contribution is 2.23. The van der Waals surface area contributed by atoms with Crippen molar-refractivity contribution in [2.45, 2.75) is 38.4 Å². The molecule has 0 aromatic carbocycles. The van der Waals surface area contributed by atoms with E-state index in [2.05, 4.69) is 15.0 Å². The second-order valence-electron chi connectivity index (χ2n) is 5.14. The highest BCUT2D eigenvalue weighted by atomic mass is 35.5. The molecule has 0 amide bonds. The number of aromatic amines is 1. The maximum absolute atomic E-state index is 6.16. The van der Waals surface area contributed by atoms with Crippen molar-refractivity contribution in [3.8, 4) is 0 Å². The molecule has 0 bridgehead atoms. The summed E-state index contributed by atoms with van der Waals surface area (Å²) in [6.45, 7) is 3.35. The number of hydrogen-bond donors (Lipinski definition) is 1. The van der Waals surface area contributed by atoms with Gasteiger partial charge in [-0.05, 0) is 25.3 Å². The predicted octanol–water partition coefficient (Wildman–Crippen LogP) is 3.26. The van der Waals surface area contributed by atoms with E-state index < -0.39 is 0 Å². The molecule has 1 unspecified atom stereocenters. The van der Waals surface area contributed by atoms with E-state index in [4.69, 9.17) is 21.1 Å². The van der Waals surface area contributed by atoms with Crippen LogP contribution in [0.5, 0.6) is 0 Å². The van der Waals surface area contributed by atoms with E-state index >= 15 is 0 Å². The fourth-order valence-corrected chi connectivity index (χ4v) is 2.55. The lowest BCUT2D eigenvalue weighted by Gasteiger charge is -2.24. The fourth-order valence-electron chi connectivity index (χ4n) is 2.31. The molecule has 1 N–H and O–H groups in total. The third kappa shape index (κ3) is 2.95. The summed E-state index contributed by atoms with van der Waals surface area (Å²) in [5.41, 5.74) is 0.765. The molecule has 0 saturated carbocycles. The van der Waals surface area contributed by atoms with Gasteiger partial charge in [-0.3, -0.25) is 0 Å². The van der Waals surface area contributed by atoms with Gasteiger partial charge in [-0.15, -0.1) is 0 Å². The first kappa shape index (κ1) is 13.8. The second kappa shape index (κ2) is 6.08. The molecule has 5 nitrogen and oxygen atoms in total. The second-order valence-corrected chi connectivity index (χ2v) is 5.50. The first-order chi connectivity index (χ1) is 9.74. The number of ether oxygens (including phenoxy) is 2. The Morgan fingerprint density at radius 2 is 2.40 bits per heavy atom. The summed E-state index contributed by atoms with van der Waals surface area (Å²) in [5.74, 6) is 0.770. The van der Waals surface area contributed by atoms with Crippen LogP contribution < -0.4 is 0 Å². The van der Waals surface area contributed by atoms with Crippen molar-refractivity contribution in [1.82, 2.24) is 15.0 Å². The third-order valence-electron chi connectivity index (χ3n) is 3.50. The molecule has 1 saturated heterocycles. The minimum Gasteiger partial charge on any atom is -0.353 e. The quantitative estimate of drug-likeness (QED) is 0.880. The molecule has 3 heterocycles. The molecule has 20 heavy (non-hydrogen) atoms. The van der Waals surface area contributed by atoms with Crippen LogP contribution in [0.4, 0.5) is 0 Å². The van der Waals surface area contributed by atoms with Gasteiger partial charge in [0.15, 0.2) is 6.29 Å². The number of hydrogen-bond acceptors (Lipinski definition) is 4. The van der Waals surface area contributed by atoms with E-state index in [-0.39, 0.29) is 12.2 Å². The summed E-state index contributed by atoms with van der Waals surface area (Å²) < 4.78 is 11.3. The van der Waals surface area contributed by atoms with E-state index in [1.54, 1.807) is 0 Å². The van der Waals surface area contributed by atoms with Gasteiger partial charge < -0.3 is 14.5 Å². The van der Waals surface area contributed by atoms with Crippen LogP contribution in [0.2, 0.25) is 5.15 Å². The molecule has 3 rings (SSSR count). The summed E-state index contributed by atoms with van der Waals surface area (Å²) in [7, 11) is 0. The van der Waals surface area contributed by atoms with E-state index in [1.165, 1.54) is 0 Å². The maximum atomic E-state index is 6.16. The SMILES string of the molecule is C[C@H](COC1CCCCO1)c1nc(Cl)c2cc[nH]c2n1. The number of aromatic nitrogens is 3. The maximum Gasteiger partial charge on any atom is 0.157 e. The first-order valence-electron chi connectivity index (χ1n) is 6.98. The zero-order valence-corrected chi connectivity index (χ0v) is 12.2. The summed E-state index contributed by atoms with van der Waals surface area (Å²) in [5, 5.41) is 1.33. The lowest BCUT2D eigenvalue weighted by atomic mass is 10.1. The molecule has 6 heteroatoms. The number of halogens is 1. The highest BCUT2D eigenvalue weighted by Gasteiger charge is 2.18. The predicted molar refractivity (Wildman–Crippen MR) is 76.9 cm³/mol. The average Bonchev–Trinajstić information content (AvgIpc) is 2.95. The smallest absolute Gasteiger partial charge is 0.157 e. The topological polar surface area (TPSA) is 60.0 Å². The van der Waals surface area contributed by atoms with Gasteiger partial charge in [0.25, 0.3) is 0 Å². The zero-order valence-electron chi connectivity index (χ0n) is 11.4. The number of nitrogens with zero attached hydrogens (tertiary/aromatic N) is 2. The van der Waals surface area contributed by atoms with E-state index in [1.807, 2.05) is 19.2 Å². The van der Waals surface area contributed by atoms with Crippen molar-refractivity contribution in [1.29, 1.82) is 0 Å². The van der Waals surface area contributed by atoms with Crippen LogP contribution in [-0.4, -0.2) is 34.5 Å². The highest BCUT2D eigenvalue weighted by molar-refractivity contribution is 6.33. The van der Waals surface area contributed by atoms with Gasteiger partial charge in [-0.2, -0.15) is 0 Å². The number of nitrogens with one attached hydrogen (secondary N) is 1. The van der Waals surface area contributed by atoms with Crippen LogP contribution in [-0.2, 0) is 9.47 Å². The molecule has 108 valence electrons. The van der Waals surface area contributed by atoms with Crippen LogP contribution in [0.25, 0.3) is 11.0 Å². The lowest BCUT2D eigenvalue weighted by molar-refractivity contribution is -0.164. The van der Waals surface area contributed by atoms with Crippen LogP contribution in [0.15, 0.2) is 12.3 Å². The molecule has 1 aliphatic heterocycles. The minimum atomic E-state index is -0.0871. The Labute approximate surface area is 122 Å². The van der Waals surface area contributed by atoms with Crippen molar-refractivity contribution in [2.24, 2.45) is 0 Å². The van der Waals surface area contributed by atoms with Gasteiger partial charge >= 0.3 is 0 Å². The summed E-state index contributed by atoms with van der Waals surface area (Å²) in [6, 6.07) is 1.87. The van der Waals surface area contributed by atoms with Gasteiger partial charge in [0.1, 0.15) is 16.6 Å². The van der Waals surface area contributed by atoms with Crippen molar-refractivity contribution in [2.75, 3.05) is 13.2 Å². The lowest BCUT2D eigenvalue weighted by Crippen LogP contribution is -2.24.